The lowest BCUT2D eigenvalue weighted by atomic mass is 10.0. The van der Waals surface area contributed by atoms with E-state index in [9.17, 15) is 14.9 Å². The van der Waals surface area contributed by atoms with Crippen LogP contribution >= 0.6 is 0 Å². The van der Waals surface area contributed by atoms with Crippen LogP contribution in [0, 0.1) is 10.1 Å². The zero-order chi connectivity index (χ0) is 24.9. The van der Waals surface area contributed by atoms with Crippen LogP contribution in [0.3, 0.4) is 0 Å². The Morgan fingerprint density at radius 2 is 1.75 bits per heavy atom. The maximum Gasteiger partial charge on any atom is 0.270 e. The standard InChI is InChI=1S/C27H28N4O5/c32-27(28-16-20-6-9-25-26(14-20)36-18-35-25)23-15-22(31(33)34)7-8-24(23)29-21-10-12-30(13-11-21)17-19-4-2-1-3-5-19/h1-9,14-15,21,29H,10-13,16-18H2,(H,28,32). The summed E-state index contributed by atoms with van der Waals surface area (Å²) in [5.74, 6) is 0.934. The van der Waals surface area contributed by atoms with E-state index in [1.165, 1.54) is 17.7 Å². The molecule has 9 nitrogen and oxygen atoms in total. The van der Waals surface area contributed by atoms with Crippen LogP contribution in [0.1, 0.15) is 34.3 Å². The Kier molecular flexibility index (Phi) is 6.99. The van der Waals surface area contributed by atoms with E-state index in [4.69, 9.17) is 9.47 Å². The third-order valence-corrected chi connectivity index (χ3v) is 6.54. The van der Waals surface area contributed by atoms with E-state index in [2.05, 4.69) is 39.8 Å². The van der Waals surface area contributed by atoms with Gasteiger partial charge in [0, 0.05) is 50.0 Å². The maximum absolute atomic E-state index is 13.1. The van der Waals surface area contributed by atoms with Crippen molar-refractivity contribution in [3.05, 3.63) is 93.5 Å². The Balaban J connectivity index is 1.23. The monoisotopic (exact) mass is 488 g/mol. The first-order valence-electron chi connectivity index (χ1n) is 12.0. The number of nitro groups is 1. The predicted octanol–water partition coefficient (Wildman–Crippen LogP) is 4.33. The SMILES string of the molecule is O=C(NCc1ccc2c(c1)OCO2)c1cc([N+](=O)[O-])ccc1NC1CCN(Cc2ccccc2)CC1. The number of amides is 1. The summed E-state index contributed by atoms with van der Waals surface area (Å²) in [6, 6.07) is 20.4. The Labute approximate surface area is 209 Å². The number of nitrogens with one attached hydrogen (secondary N) is 2. The normalized spacial score (nSPS) is 15.4. The van der Waals surface area contributed by atoms with Gasteiger partial charge in [-0.05, 0) is 42.2 Å². The second-order valence-corrected chi connectivity index (χ2v) is 9.04. The number of piperidine rings is 1. The van der Waals surface area contributed by atoms with Gasteiger partial charge in [0.1, 0.15) is 0 Å². The lowest BCUT2D eigenvalue weighted by molar-refractivity contribution is -0.384. The number of benzene rings is 3. The van der Waals surface area contributed by atoms with Crippen molar-refractivity contribution < 1.29 is 19.2 Å². The number of non-ortho nitro benzene ring substituents is 1. The summed E-state index contributed by atoms with van der Waals surface area (Å²) in [4.78, 5) is 26.4. The minimum absolute atomic E-state index is 0.119. The third kappa shape index (κ3) is 5.58. The quantitative estimate of drug-likeness (QED) is 0.359. The summed E-state index contributed by atoms with van der Waals surface area (Å²) >= 11 is 0. The summed E-state index contributed by atoms with van der Waals surface area (Å²) in [6.45, 7) is 3.23. The lowest BCUT2D eigenvalue weighted by Gasteiger charge is -2.33. The molecule has 5 rings (SSSR count). The van der Waals surface area contributed by atoms with Crippen molar-refractivity contribution >= 4 is 17.3 Å². The molecule has 1 amide bonds. The molecule has 2 N–H and O–H groups in total. The van der Waals surface area contributed by atoms with Gasteiger partial charge in [0.25, 0.3) is 11.6 Å². The molecule has 2 aliphatic rings. The van der Waals surface area contributed by atoms with Gasteiger partial charge in [0.05, 0.1) is 10.5 Å². The number of fused-ring (bicyclic) bond motifs is 1. The Hall–Kier alpha value is -4.11. The number of nitro benzene ring substituents is 1. The Bertz CT molecular complexity index is 1240. The van der Waals surface area contributed by atoms with E-state index >= 15 is 0 Å². The molecular formula is C27H28N4O5. The Morgan fingerprint density at radius 3 is 2.53 bits per heavy atom. The molecule has 3 aromatic carbocycles. The average molecular weight is 489 g/mol. The molecule has 9 heteroatoms. The van der Waals surface area contributed by atoms with Crippen LogP contribution in [0.15, 0.2) is 66.7 Å². The highest BCUT2D eigenvalue weighted by Gasteiger charge is 2.23. The minimum Gasteiger partial charge on any atom is -0.454 e. The van der Waals surface area contributed by atoms with Gasteiger partial charge >= 0.3 is 0 Å². The van der Waals surface area contributed by atoms with Crippen LogP contribution in [0.2, 0.25) is 0 Å². The second-order valence-electron chi connectivity index (χ2n) is 9.04. The van der Waals surface area contributed by atoms with E-state index in [-0.39, 0.29) is 36.5 Å². The molecule has 0 saturated carbocycles. The molecule has 2 aliphatic heterocycles. The fourth-order valence-electron chi connectivity index (χ4n) is 4.58. The highest BCUT2D eigenvalue weighted by Crippen LogP contribution is 2.32. The molecule has 36 heavy (non-hydrogen) atoms. The highest BCUT2D eigenvalue weighted by molar-refractivity contribution is 6.00. The molecule has 0 spiro atoms. The fraction of sp³-hybridized carbons (Fsp3) is 0.296. The average Bonchev–Trinajstić information content (AvgIpc) is 3.37. The molecule has 1 saturated heterocycles. The molecule has 0 bridgehead atoms. The summed E-state index contributed by atoms with van der Waals surface area (Å²) in [5.41, 5.74) is 2.88. The number of hydrogen-bond acceptors (Lipinski definition) is 7. The Morgan fingerprint density at radius 1 is 0.972 bits per heavy atom. The number of carbonyl (C=O) groups excluding carboxylic acids is 1. The number of carbonyl (C=O) groups is 1. The summed E-state index contributed by atoms with van der Waals surface area (Å²) in [5, 5.41) is 17.7. The first kappa shape index (κ1) is 23.6. The maximum atomic E-state index is 13.1. The largest absolute Gasteiger partial charge is 0.454 e. The van der Waals surface area contributed by atoms with E-state index < -0.39 is 4.92 Å². The molecule has 0 aromatic heterocycles. The van der Waals surface area contributed by atoms with Gasteiger partial charge in [-0.15, -0.1) is 0 Å². The molecule has 186 valence electrons. The van der Waals surface area contributed by atoms with Crippen molar-refractivity contribution in [2.45, 2.75) is 32.0 Å². The number of rotatable bonds is 8. The van der Waals surface area contributed by atoms with E-state index in [1.807, 2.05) is 18.2 Å². The van der Waals surface area contributed by atoms with E-state index in [0.29, 0.717) is 17.2 Å². The first-order chi connectivity index (χ1) is 17.5. The number of hydrogen-bond donors (Lipinski definition) is 2. The molecular weight excluding hydrogens is 460 g/mol. The minimum atomic E-state index is -0.486. The van der Waals surface area contributed by atoms with Gasteiger partial charge < -0.3 is 20.1 Å². The van der Waals surface area contributed by atoms with Gasteiger partial charge in [-0.2, -0.15) is 0 Å². The molecule has 1 fully saturated rings. The number of likely N-dealkylation sites (tertiary alicyclic amines) is 1. The van der Waals surface area contributed by atoms with Crippen LogP contribution in [0.25, 0.3) is 0 Å². The number of ether oxygens (including phenoxy) is 2. The van der Waals surface area contributed by atoms with Gasteiger partial charge in [-0.1, -0.05) is 36.4 Å². The smallest absolute Gasteiger partial charge is 0.270 e. The van der Waals surface area contributed by atoms with Crippen LogP contribution in [-0.2, 0) is 13.1 Å². The fourth-order valence-corrected chi connectivity index (χ4v) is 4.58. The van der Waals surface area contributed by atoms with Crippen LogP contribution in [0.4, 0.5) is 11.4 Å². The van der Waals surface area contributed by atoms with Crippen molar-refractivity contribution in [3.63, 3.8) is 0 Å². The van der Waals surface area contributed by atoms with Gasteiger partial charge in [0.15, 0.2) is 11.5 Å². The van der Waals surface area contributed by atoms with Gasteiger partial charge in [-0.25, -0.2) is 0 Å². The molecule has 0 aliphatic carbocycles. The molecule has 0 atom stereocenters. The van der Waals surface area contributed by atoms with Crippen molar-refractivity contribution in [2.75, 3.05) is 25.2 Å². The summed E-state index contributed by atoms with van der Waals surface area (Å²) in [7, 11) is 0. The van der Waals surface area contributed by atoms with Gasteiger partial charge in [0.2, 0.25) is 6.79 Å². The summed E-state index contributed by atoms with van der Waals surface area (Å²) in [6.07, 6.45) is 1.84. The highest BCUT2D eigenvalue weighted by atomic mass is 16.7. The molecule has 0 radical (unpaired) electrons. The third-order valence-electron chi connectivity index (χ3n) is 6.54. The van der Waals surface area contributed by atoms with Crippen molar-refractivity contribution in [2.24, 2.45) is 0 Å². The topological polar surface area (TPSA) is 106 Å². The predicted molar refractivity (Wildman–Crippen MR) is 135 cm³/mol. The van der Waals surface area contributed by atoms with Crippen LogP contribution in [-0.4, -0.2) is 41.7 Å². The van der Waals surface area contributed by atoms with Crippen molar-refractivity contribution in [1.82, 2.24) is 10.2 Å². The molecule has 3 aromatic rings. The summed E-state index contributed by atoms with van der Waals surface area (Å²) < 4.78 is 10.7. The number of nitrogens with zero attached hydrogens (tertiary/aromatic N) is 2. The lowest BCUT2D eigenvalue weighted by Crippen LogP contribution is -2.39. The second kappa shape index (κ2) is 10.7. The van der Waals surface area contributed by atoms with Crippen LogP contribution < -0.4 is 20.1 Å². The van der Waals surface area contributed by atoms with E-state index in [1.54, 1.807) is 12.1 Å². The van der Waals surface area contributed by atoms with Crippen molar-refractivity contribution in [1.29, 1.82) is 0 Å². The molecule has 2 heterocycles. The van der Waals surface area contributed by atoms with Crippen LogP contribution in [0.5, 0.6) is 11.5 Å². The zero-order valence-electron chi connectivity index (χ0n) is 19.8. The molecule has 0 unspecified atom stereocenters. The number of anilines is 1. The first-order valence-corrected chi connectivity index (χ1v) is 12.0. The zero-order valence-corrected chi connectivity index (χ0v) is 19.8. The van der Waals surface area contributed by atoms with Crippen molar-refractivity contribution in [3.8, 4) is 11.5 Å². The van der Waals surface area contributed by atoms with Gasteiger partial charge in [-0.3, -0.25) is 19.8 Å². The van der Waals surface area contributed by atoms with E-state index in [0.717, 1.165) is 38.0 Å².